The van der Waals surface area contributed by atoms with Crippen molar-refractivity contribution in [3.05, 3.63) is 75.0 Å². The van der Waals surface area contributed by atoms with E-state index in [1.165, 1.54) is 15.5 Å². The first-order chi connectivity index (χ1) is 20.6. The zero-order valence-electron chi connectivity index (χ0n) is 28.3. The van der Waals surface area contributed by atoms with Crippen LogP contribution in [0.5, 0.6) is 0 Å². The summed E-state index contributed by atoms with van der Waals surface area (Å²) in [5.41, 5.74) is 2.54. The monoisotopic (exact) mass is 627 g/mol. The van der Waals surface area contributed by atoms with Gasteiger partial charge in [0.1, 0.15) is 5.60 Å². The molecule has 0 unspecified atom stereocenters. The molecule has 0 spiro atoms. The maximum Gasteiger partial charge on any atom is 0.335 e. The van der Waals surface area contributed by atoms with Crippen molar-refractivity contribution in [1.82, 2.24) is 14.8 Å². The molecule has 0 bridgehead atoms. The van der Waals surface area contributed by atoms with E-state index in [9.17, 15) is 9.59 Å². The first-order valence-corrected chi connectivity index (χ1v) is 15.4. The number of nitrogens with zero attached hydrogens (tertiary/aromatic N) is 3. The molecule has 0 aliphatic carbocycles. The number of allylic oxidation sites excluding steroid dienone is 4. The van der Waals surface area contributed by atoms with Crippen LogP contribution >= 0.6 is 11.3 Å². The van der Waals surface area contributed by atoms with Crippen molar-refractivity contribution in [3.63, 3.8) is 0 Å². The average Bonchev–Trinajstić information content (AvgIpc) is 3.35. The number of aryl methyl sites for hydroxylation is 1. The van der Waals surface area contributed by atoms with E-state index < -0.39 is 5.97 Å². The van der Waals surface area contributed by atoms with Gasteiger partial charge >= 0.3 is 5.97 Å². The van der Waals surface area contributed by atoms with E-state index in [4.69, 9.17) is 19.6 Å². The third-order valence-electron chi connectivity index (χ3n) is 6.57. The SMILES string of the molecule is C#C.CO/C(C)=C/C=C(C)C.Cc1nc(C(C)(C)C)sc1CN1CCC(CN(C)C)(OC=O)CC1.O=C(O)c1ccccc1. The topological polar surface area (TPSA) is 92.2 Å². The van der Waals surface area contributed by atoms with Crippen LogP contribution in [0.4, 0.5) is 0 Å². The van der Waals surface area contributed by atoms with Gasteiger partial charge in [-0.15, -0.1) is 24.2 Å². The van der Waals surface area contributed by atoms with E-state index in [1.54, 1.807) is 37.4 Å². The van der Waals surface area contributed by atoms with Crippen LogP contribution in [0.3, 0.4) is 0 Å². The molecule has 0 amide bonds. The molecule has 1 aromatic carbocycles. The molecule has 1 saturated heterocycles. The van der Waals surface area contributed by atoms with Gasteiger partial charge in [0.05, 0.1) is 29.1 Å². The van der Waals surface area contributed by atoms with Crippen molar-refractivity contribution >= 4 is 23.8 Å². The van der Waals surface area contributed by atoms with E-state index in [0.717, 1.165) is 50.5 Å². The number of carbonyl (C=O) groups is 2. The number of aromatic nitrogens is 1. The summed E-state index contributed by atoms with van der Waals surface area (Å²) < 4.78 is 10.4. The summed E-state index contributed by atoms with van der Waals surface area (Å²) in [6, 6.07) is 8.30. The Balaban J connectivity index is 0.000000757. The molecule has 244 valence electrons. The summed E-state index contributed by atoms with van der Waals surface area (Å²) in [4.78, 5) is 31.8. The summed E-state index contributed by atoms with van der Waals surface area (Å²) >= 11 is 1.83. The second-order valence-corrected chi connectivity index (χ2v) is 13.2. The highest BCUT2D eigenvalue weighted by Gasteiger charge is 2.37. The van der Waals surface area contributed by atoms with Crippen LogP contribution in [-0.4, -0.2) is 78.8 Å². The van der Waals surface area contributed by atoms with E-state index in [1.807, 2.05) is 44.5 Å². The van der Waals surface area contributed by atoms with Crippen molar-refractivity contribution in [2.45, 2.75) is 78.9 Å². The van der Waals surface area contributed by atoms with Gasteiger partial charge in [0.2, 0.25) is 0 Å². The smallest absolute Gasteiger partial charge is 0.335 e. The number of methoxy groups -OCH3 is 1. The molecule has 1 aromatic heterocycles. The van der Waals surface area contributed by atoms with Crippen LogP contribution in [0.25, 0.3) is 0 Å². The first-order valence-electron chi connectivity index (χ1n) is 14.5. The Morgan fingerprint density at radius 3 is 2.07 bits per heavy atom. The normalized spacial score (nSPS) is 14.3. The van der Waals surface area contributed by atoms with Crippen molar-refractivity contribution in [2.75, 3.05) is 40.8 Å². The van der Waals surface area contributed by atoms with Crippen LogP contribution in [0.15, 0.2) is 53.8 Å². The van der Waals surface area contributed by atoms with E-state index in [0.29, 0.717) is 12.0 Å². The van der Waals surface area contributed by atoms with Gasteiger partial charge in [-0.05, 0) is 60.0 Å². The Morgan fingerprint density at radius 2 is 1.68 bits per heavy atom. The Kier molecular flexibility index (Phi) is 18.9. The molecule has 2 heterocycles. The van der Waals surface area contributed by atoms with E-state index in [2.05, 4.69) is 64.2 Å². The summed E-state index contributed by atoms with van der Waals surface area (Å²) in [5.74, 6) is 0.0619. The number of piperidine rings is 1. The number of hydrogen-bond donors (Lipinski definition) is 1. The van der Waals surface area contributed by atoms with E-state index >= 15 is 0 Å². The van der Waals surface area contributed by atoms with Gasteiger partial charge in [-0.2, -0.15) is 0 Å². The molecule has 1 aliphatic rings. The van der Waals surface area contributed by atoms with Gasteiger partial charge in [-0.25, -0.2) is 9.78 Å². The maximum absolute atomic E-state index is 10.9. The highest BCUT2D eigenvalue weighted by atomic mass is 32.1. The van der Waals surface area contributed by atoms with Gasteiger partial charge in [0.15, 0.2) is 0 Å². The third kappa shape index (κ3) is 15.9. The van der Waals surface area contributed by atoms with Crippen LogP contribution in [0.1, 0.15) is 80.3 Å². The minimum atomic E-state index is -0.879. The molecule has 0 radical (unpaired) electrons. The molecule has 2 aromatic rings. The van der Waals surface area contributed by atoms with Crippen molar-refractivity contribution in [1.29, 1.82) is 0 Å². The van der Waals surface area contributed by atoms with Crippen molar-refractivity contribution in [2.24, 2.45) is 0 Å². The zero-order valence-corrected chi connectivity index (χ0v) is 29.2. The first kappa shape index (κ1) is 40.5. The lowest BCUT2D eigenvalue weighted by Gasteiger charge is -2.41. The summed E-state index contributed by atoms with van der Waals surface area (Å²) in [6.07, 6.45) is 13.7. The Labute approximate surface area is 269 Å². The fraction of sp³-hybridized carbons (Fsp3) is 0.514. The Morgan fingerprint density at radius 1 is 1.11 bits per heavy atom. The number of thiazole rings is 1. The van der Waals surface area contributed by atoms with Crippen molar-refractivity contribution < 1.29 is 24.2 Å². The van der Waals surface area contributed by atoms with Crippen LogP contribution in [-0.2, 0) is 26.2 Å². The number of hydrogen-bond acceptors (Lipinski definition) is 8. The second kappa shape index (κ2) is 20.5. The van der Waals surface area contributed by atoms with Gasteiger partial charge < -0.3 is 19.5 Å². The van der Waals surface area contributed by atoms with Crippen LogP contribution < -0.4 is 0 Å². The third-order valence-corrected chi connectivity index (χ3v) is 8.13. The largest absolute Gasteiger partial charge is 0.501 e. The molecule has 0 saturated carbocycles. The lowest BCUT2D eigenvalue weighted by molar-refractivity contribution is -0.151. The Hall–Kier alpha value is -3.45. The summed E-state index contributed by atoms with van der Waals surface area (Å²) in [6.45, 7) is 19.0. The number of rotatable bonds is 9. The average molecular weight is 628 g/mol. The van der Waals surface area contributed by atoms with Gasteiger partial charge in [0, 0.05) is 49.3 Å². The standard InChI is InChI=1S/C18H31N3O2S.C8H14O.C7H6O2.C2H2/c1-14-15(24-16(19-14)17(2,3)4)11-21-9-7-18(8-10-21,23-13-22)12-20(5)6;1-7(2)5-6-8(3)9-4;8-7(9)6-4-2-1-3-5-6;1-2/h13H,7-12H2,1-6H3;5-6H,1-4H3;1-5H,(H,8,9);1-2H/b;8-6+;;. The van der Waals surface area contributed by atoms with Crippen LogP contribution in [0, 0.1) is 19.8 Å². The fourth-order valence-corrected chi connectivity index (χ4v) is 5.30. The zero-order chi connectivity index (χ0) is 33.9. The maximum atomic E-state index is 10.9. The van der Waals surface area contributed by atoms with E-state index in [-0.39, 0.29) is 11.0 Å². The predicted octanol–water partition coefficient (Wildman–Crippen LogP) is 6.96. The minimum Gasteiger partial charge on any atom is -0.501 e. The molecule has 9 heteroatoms. The highest BCUT2D eigenvalue weighted by molar-refractivity contribution is 7.11. The number of aromatic carboxylic acids is 1. The Bertz CT molecular complexity index is 1200. The van der Waals surface area contributed by atoms with Crippen molar-refractivity contribution in [3.8, 4) is 12.8 Å². The number of carbonyl (C=O) groups excluding carboxylic acids is 1. The lowest BCUT2D eigenvalue weighted by Crippen LogP contribution is -2.51. The molecular formula is C35H53N3O5S. The number of likely N-dealkylation sites (tertiary alicyclic amines) is 1. The fourth-order valence-electron chi connectivity index (χ4n) is 4.14. The van der Waals surface area contributed by atoms with Gasteiger partial charge in [-0.3, -0.25) is 9.69 Å². The minimum absolute atomic E-state index is 0.105. The second-order valence-electron chi connectivity index (χ2n) is 12.1. The molecule has 1 aliphatic heterocycles. The number of carboxylic acids is 1. The number of ether oxygens (including phenoxy) is 2. The summed E-state index contributed by atoms with van der Waals surface area (Å²) in [7, 11) is 5.72. The highest BCUT2D eigenvalue weighted by Crippen LogP contribution is 2.32. The molecule has 3 rings (SSSR count). The number of likely N-dealkylation sites (N-methyl/N-ethyl adjacent to an activating group) is 1. The molecule has 44 heavy (non-hydrogen) atoms. The predicted molar refractivity (Wildman–Crippen MR) is 182 cm³/mol. The number of carboxylic acid groups (broad SMARTS) is 1. The number of benzene rings is 1. The molecule has 0 atom stereocenters. The van der Waals surface area contributed by atoms with Crippen LogP contribution in [0.2, 0.25) is 0 Å². The van der Waals surface area contributed by atoms with Gasteiger partial charge in [0.25, 0.3) is 6.47 Å². The molecule has 1 fully saturated rings. The molecule has 1 N–H and O–H groups in total. The van der Waals surface area contributed by atoms with Gasteiger partial charge in [-0.1, -0.05) is 50.6 Å². The quantitative estimate of drug-likeness (QED) is 0.138. The molecular weight excluding hydrogens is 574 g/mol. The number of terminal acetylenes is 1. The molecule has 8 nitrogen and oxygen atoms in total. The lowest BCUT2D eigenvalue weighted by atomic mass is 9.90. The summed E-state index contributed by atoms with van der Waals surface area (Å²) in [5, 5.41) is 9.59.